The largest absolute Gasteiger partial charge is 0.370 e. The molecule has 1 spiro atoms. The number of hydrogen-bond donors (Lipinski definition) is 0. The van der Waals surface area contributed by atoms with Crippen LogP contribution in [0.1, 0.15) is 36.2 Å². The first-order valence-electron chi connectivity index (χ1n) is 8.96. The van der Waals surface area contributed by atoms with E-state index in [9.17, 15) is 4.79 Å². The fourth-order valence-electron chi connectivity index (χ4n) is 4.14. The Morgan fingerprint density at radius 3 is 2.56 bits per heavy atom. The lowest BCUT2D eigenvalue weighted by molar-refractivity contribution is 0.0429. The van der Waals surface area contributed by atoms with Crippen LogP contribution in [0.2, 0.25) is 0 Å². The van der Waals surface area contributed by atoms with Gasteiger partial charge in [0.2, 0.25) is 0 Å². The number of pyridine rings is 1. The van der Waals surface area contributed by atoms with Gasteiger partial charge in [0.25, 0.3) is 5.91 Å². The van der Waals surface area contributed by atoms with Crippen molar-refractivity contribution in [1.82, 2.24) is 19.9 Å². The lowest BCUT2D eigenvalue weighted by Gasteiger charge is -2.48. The number of nitrogens with zero attached hydrogens (tertiary/aromatic N) is 5. The average molecular weight is 337 g/mol. The Morgan fingerprint density at radius 1 is 1.00 bits per heavy atom. The molecule has 1 amide bonds. The molecular weight excluding hydrogens is 314 g/mol. The maximum Gasteiger partial charge on any atom is 0.274 e. The van der Waals surface area contributed by atoms with E-state index < -0.39 is 0 Å². The first-order valence-corrected chi connectivity index (χ1v) is 8.96. The van der Waals surface area contributed by atoms with E-state index in [4.69, 9.17) is 0 Å². The number of anilines is 1. The molecule has 4 rings (SSSR count). The summed E-state index contributed by atoms with van der Waals surface area (Å²) in [4.78, 5) is 29.5. The van der Waals surface area contributed by atoms with Crippen LogP contribution >= 0.6 is 0 Å². The molecule has 2 aliphatic rings. The zero-order chi connectivity index (χ0) is 17.1. The smallest absolute Gasteiger partial charge is 0.274 e. The van der Waals surface area contributed by atoms with Crippen molar-refractivity contribution in [3.05, 3.63) is 48.8 Å². The van der Waals surface area contributed by atoms with Gasteiger partial charge in [-0.3, -0.25) is 14.8 Å². The van der Waals surface area contributed by atoms with Crippen molar-refractivity contribution in [2.45, 2.75) is 25.7 Å². The van der Waals surface area contributed by atoms with Gasteiger partial charge >= 0.3 is 0 Å². The molecule has 0 unspecified atom stereocenters. The highest BCUT2D eigenvalue weighted by atomic mass is 16.2. The van der Waals surface area contributed by atoms with Gasteiger partial charge in [-0.25, -0.2) is 4.98 Å². The lowest BCUT2D eigenvalue weighted by atomic mass is 9.72. The van der Waals surface area contributed by atoms with Crippen LogP contribution in [0.4, 0.5) is 5.69 Å². The Kier molecular flexibility index (Phi) is 4.34. The Morgan fingerprint density at radius 2 is 1.84 bits per heavy atom. The summed E-state index contributed by atoms with van der Waals surface area (Å²) in [6.45, 7) is 3.71. The first-order chi connectivity index (χ1) is 12.3. The monoisotopic (exact) mass is 337 g/mol. The van der Waals surface area contributed by atoms with Gasteiger partial charge in [0.05, 0.1) is 18.1 Å². The van der Waals surface area contributed by atoms with Gasteiger partial charge < -0.3 is 9.80 Å². The molecule has 0 atom stereocenters. The number of rotatable bonds is 2. The molecule has 0 N–H and O–H groups in total. The van der Waals surface area contributed by atoms with Crippen LogP contribution in [0, 0.1) is 5.41 Å². The number of carbonyl (C=O) groups is 1. The molecule has 2 saturated heterocycles. The predicted octanol–water partition coefficient (Wildman–Crippen LogP) is 2.39. The second kappa shape index (κ2) is 6.78. The molecule has 0 radical (unpaired) electrons. The highest BCUT2D eigenvalue weighted by Gasteiger charge is 2.40. The number of aromatic nitrogens is 3. The molecule has 2 aliphatic heterocycles. The molecular formula is C19H23N5O. The van der Waals surface area contributed by atoms with Crippen LogP contribution in [0.25, 0.3) is 0 Å². The van der Waals surface area contributed by atoms with Crippen LogP contribution < -0.4 is 4.90 Å². The van der Waals surface area contributed by atoms with Crippen LogP contribution in [0.5, 0.6) is 0 Å². The third-order valence-electron chi connectivity index (χ3n) is 5.57. The number of amides is 1. The zero-order valence-electron chi connectivity index (χ0n) is 14.3. The lowest BCUT2D eigenvalue weighted by Crippen LogP contribution is -2.51. The van der Waals surface area contributed by atoms with Gasteiger partial charge in [-0.1, -0.05) is 0 Å². The minimum atomic E-state index is 0.0156. The van der Waals surface area contributed by atoms with Crippen molar-refractivity contribution >= 4 is 11.6 Å². The molecule has 2 aromatic heterocycles. The molecule has 4 heterocycles. The fourth-order valence-corrected chi connectivity index (χ4v) is 4.14. The summed E-state index contributed by atoms with van der Waals surface area (Å²) in [5.41, 5.74) is 1.89. The molecule has 0 bridgehead atoms. The predicted molar refractivity (Wildman–Crippen MR) is 95.3 cm³/mol. The second-order valence-corrected chi connectivity index (χ2v) is 7.12. The van der Waals surface area contributed by atoms with Gasteiger partial charge in [0, 0.05) is 44.8 Å². The van der Waals surface area contributed by atoms with Crippen LogP contribution in [0.3, 0.4) is 0 Å². The standard InChI is InChI=1S/C19H23N5O/c25-18(17-14-21-8-9-22-17)24-10-2-4-19(15-24)5-11-23(12-6-19)16-3-1-7-20-13-16/h1,3,7-9,13-14H,2,4-6,10-12,15H2. The van der Waals surface area contributed by atoms with Crippen LogP contribution in [0.15, 0.2) is 43.1 Å². The van der Waals surface area contributed by atoms with Crippen molar-refractivity contribution in [2.24, 2.45) is 5.41 Å². The SMILES string of the molecule is O=C(c1cnccn1)N1CCCC2(CCN(c3cccnc3)CC2)C1. The van der Waals surface area contributed by atoms with Crippen molar-refractivity contribution in [3.8, 4) is 0 Å². The topological polar surface area (TPSA) is 62.2 Å². The third-order valence-corrected chi connectivity index (χ3v) is 5.57. The van der Waals surface area contributed by atoms with Gasteiger partial charge in [0.1, 0.15) is 5.69 Å². The summed E-state index contributed by atoms with van der Waals surface area (Å²) in [5.74, 6) is 0.0156. The summed E-state index contributed by atoms with van der Waals surface area (Å²) >= 11 is 0. The maximum atomic E-state index is 12.7. The summed E-state index contributed by atoms with van der Waals surface area (Å²) < 4.78 is 0. The third kappa shape index (κ3) is 3.34. The van der Waals surface area contributed by atoms with E-state index in [1.54, 1.807) is 18.6 Å². The minimum Gasteiger partial charge on any atom is -0.370 e. The molecule has 25 heavy (non-hydrogen) atoms. The Balaban J connectivity index is 1.42. The van der Waals surface area contributed by atoms with E-state index in [2.05, 4.69) is 25.9 Å². The average Bonchev–Trinajstić information content (AvgIpc) is 2.69. The van der Waals surface area contributed by atoms with Gasteiger partial charge in [-0.2, -0.15) is 0 Å². The quantitative estimate of drug-likeness (QED) is 0.842. The van der Waals surface area contributed by atoms with E-state index in [1.807, 2.05) is 23.4 Å². The van der Waals surface area contributed by atoms with Gasteiger partial charge in [-0.15, -0.1) is 0 Å². The summed E-state index contributed by atoms with van der Waals surface area (Å²) in [5, 5.41) is 0. The highest BCUT2D eigenvalue weighted by Crippen LogP contribution is 2.40. The van der Waals surface area contributed by atoms with E-state index in [1.165, 1.54) is 12.1 Å². The fraction of sp³-hybridized carbons (Fsp3) is 0.474. The minimum absolute atomic E-state index is 0.0156. The molecule has 0 aliphatic carbocycles. The molecule has 130 valence electrons. The Hall–Kier alpha value is -2.50. The van der Waals surface area contributed by atoms with E-state index in [-0.39, 0.29) is 11.3 Å². The van der Waals surface area contributed by atoms with Crippen molar-refractivity contribution in [2.75, 3.05) is 31.1 Å². The molecule has 0 saturated carbocycles. The first kappa shape index (κ1) is 16.0. The Labute approximate surface area is 147 Å². The summed E-state index contributed by atoms with van der Waals surface area (Å²) in [6.07, 6.45) is 13.0. The van der Waals surface area contributed by atoms with Crippen molar-refractivity contribution in [1.29, 1.82) is 0 Å². The van der Waals surface area contributed by atoms with Crippen molar-refractivity contribution in [3.63, 3.8) is 0 Å². The number of carbonyl (C=O) groups excluding carboxylic acids is 1. The van der Waals surface area contributed by atoms with Crippen LogP contribution in [-0.2, 0) is 0 Å². The van der Waals surface area contributed by atoms with E-state index in [0.29, 0.717) is 5.69 Å². The van der Waals surface area contributed by atoms with E-state index in [0.717, 1.165) is 45.4 Å². The number of piperidine rings is 2. The maximum absolute atomic E-state index is 12.7. The number of hydrogen-bond acceptors (Lipinski definition) is 5. The van der Waals surface area contributed by atoms with Crippen molar-refractivity contribution < 1.29 is 4.79 Å². The Bertz CT molecular complexity index is 713. The van der Waals surface area contributed by atoms with Gasteiger partial charge in [-0.05, 0) is 43.2 Å². The molecule has 6 nitrogen and oxygen atoms in total. The number of likely N-dealkylation sites (tertiary alicyclic amines) is 1. The molecule has 6 heteroatoms. The second-order valence-electron chi connectivity index (χ2n) is 7.12. The van der Waals surface area contributed by atoms with E-state index >= 15 is 0 Å². The summed E-state index contributed by atoms with van der Waals surface area (Å²) in [7, 11) is 0. The zero-order valence-corrected chi connectivity index (χ0v) is 14.3. The molecule has 0 aromatic carbocycles. The summed E-state index contributed by atoms with van der Waals surface area (Å²) in [6, 6.07) is 4.11. The molecule has 2 aromatic rings. The normalized spacial score (nSPS) is 19.8. The van der Waals surface area contributed by atoms with Gasteiger partial charge in [0.15, 0.2) is 0 Å². The highest BCUT2D eigenvalue weighted by molar-refractivity contribution is 5.92. The molecule has 2 fully saturated rings. The van der Waals surface area contributed by atoms with Crippen LogP contribution in [-0.4, -0.2) is 51.9 Å².